The summed E-state index contributed by atoms with van der Waals surface area (Å²) in [5, 5.41) is 0. The molecule has 1 atom stereocenters. The van der Waals surface area contributed by atoms with Crippen molar-refractivity contribution in [3.8, 4) is 0 Å². The van der Waals surface area contributed by atoms with E-state index in [1.54, 1.807) is 22.5 Å². The van der Waals surface area contributed by atoms with Gasteiger partial charge < -0.3 is 4.74 Å². The standard InChI is InChI=1S/C16H23BrN2O3S/c17-14-4-3-6-16(12-14)23(20,21)19-9-7-18(8-10-19)13-15-5-1-2-11-22-15/h3-4,6,12,15H,1-2,5,7-11,13H2/t15-/m1/s1. The average molecular weight is 403 g/mol. The minimum Gasteiger partial charge on any atom is -0.377 e. The Morgan fingerprint density at radius 1 is 1.17 bits per heavy atom. The van der Waals surface area contributed by atoms with Crippen LogP contribution in [0.4, 0.5) is 0 Å². The van der Waals surface area contributed by atoms with Crippen molar-refractivity contribution in [2.24, 2.45) is 0 Å². The Balaban J connectivity index is 1.57. The van der Waals surface area contributed by atoms with Gasteiger partial charge in [0.2, 0.25) is 10.0 Å². The van der Waals surface area contributed by atoms with Crippen LogP contribution in [-0.2, 0) is 14.8 Å². The first-order valence-electron chi connectivity index (χ1n) is 8.15. The molecule has 0 bridgehead atoms. The van der Waals surface area contributed by atoms with Crippen molar-refractivity contribution in [2.75, 3.05) is 39.3 Å². The van der Waals surface area contributed by atoms with Gasteiger partial charge in [-0.05, 0) is 37.5 Å². The van der Waals surface area contributed by atoms with Gasteiger partial charge >= 0.3 is 0 Å². The maximum absolute atomic E-state index is 12.7. The molecule has 128 valence electrons. The molecule has 7 heteroatoms. The largest absolute Gasteiger partial charge is 0.377 e. The van der Waals surface area contributed by atoms with Crippen LogP contribution in [0, 0.1) is 0 Å². The van der Waals surface area contributed by atoms with E-state index in [4.69, 9.17) is 4.74 Å². The number of benzene rings is 1. The molecule has 2 aliphatic rings. The number of rotatable bonds is 4. The zero-order valence-electron chi connectivity index (χ0n) is 13.2. The van der Waals surface area contributed by atoms with Crippen LogP contribution in [-0.4, -0.2) is 63.1 Å². The zero-order chi connectivity index (χ0) is 16.3. The molecule has 2 heterocycles. The number of hydrogen-bond acceptors (Lipinski definition) is 4. The summed E-state index contributed by atoms with van der Waals surface area (Å²) in [5.41, 5.74) is 0. The Bertz CT molecular complexity index is 624. The lowest BCUT2D eigenvalue weighted by Crippen LogP contribution is -2.50. The quantitative estimate of drug-likeness (QED) is 0.775. The number of ether oxygens (including phenoxy) is 1. The van der Waals surface area contributed by atoms with Crippen molar-refractivity contribution >= 4 is 26.0 Å². The SMILES string of the molecule is O=S(=O)(c1cccc(Br)c1)N1CCN(C[C@H]2CCCCO2)CC1. The van der Waals surface area contributed by atoms with Crippen molar-refractivity contribution in [3.05, 3.63) is 28.7 Å². The van der Waals surface area contributed by atoms with Gasteiger partial charge in [0.25, 0.3) is 0 Å². The van der Waals surface area contributed by atoms with Crippen LogP contribution in [0.5, 0.6) is 0 Å². The summed E-state index contributed by atoms with van der Waals surface area (Å²) in [4.78, 5) is 2.68. The molecular weight excluding hydrogens is 380 g/mol. The van der Waals surface area contributed by atoms with E-state index in [1.807, 2.05) is 6.07 Å². The Labute approximate surface area is 146 Å². The molecule has 0 amide bonds. The molecule has 0 saturated carbocycles. The Morgan fingerprint density at radius 3 is 2.61 bits per heavy atom. The molecule has 0 aromatic heterocycles. The third-order valence-corrected chi connectivity index (χ3v) is 6.89. The fraction of sp³-hybridized carbons (Fsp3) is 0.625. The minimum atomic E-state index is -3.40. The number of sulfonamides is 1. The molecule has 0 aliphatic carbocycles. The predicted octanol–water partition coefficient (Wildman–Crippen LogP) is 2.32. The molecule has 2 aliphatic heterocycles. The minimum absolute atomic E-state index is 0.317. The van der Waals surface area contributed by atoms with Crippen LogP contribution in [0.15, 0.2) is 33.6 Å². The van der Waals surface area contributed by atoms with Gasteiger partial charge in [-0.1, -0.05) is 22.0 Å². The summed E-state index contributed by atoms with van der Waals surface area (Å²) in [6, 6.07) is 6.91. The van der Waals surface area contributed by atoms with Crippen molar-refractivity contribution in [1.29, 1.82) is 0 Å². The number of hydrogen-bond donors (Lipinski definition) is 0. The van der Waals surface area contributed by atoms with Gasteiger partial charge in [-0.25, -0.2) is 8.42 Å². The molecule has 5 nitrogen and oxygen atoms in total. The van der Waals surface area contributed by atoms with E-state index < -0.39 is 10.0 Å². The van der Waals surface area contributed by atoms with Crippen LogP contribution in [0.3, 0.4) is 0 Å². The first-order chi connectivity index (χ1) is 11.1. The first-order valence-corrected chi connectivity index (χ1v) is 10.4. The normalized spacial score (nSPS) is 24.7. The summed E-state index contributed by atoms with van der Waals surface area (Å²) < 4.78 is 33.5. The highest BCUT2D eigenvalue weighted by atomic mass is 79.9. The molecule has 1 aromatic rings. The van der Waals surface area contributed by atoms with Crippen molar-refractivity contribution in [2.45, 2.75) is 30.3 Å². The Hall–Kier alpha value is -0.470. The van der Waals surface area contributed by atoms with E-state index >= 15 is 0 Å². The van der Waals surface area contributed by atoms with E-state index in [-0.39, 0.29) is 0 Å². The number of piperazine rings is 1. The van der Waals surface area contributed by atoms with Gasteiger partial charge in [-0.2, -0.15) is 4.31 Å². The van der Waals surface area contributed by atoms with Crippen molar-refractivity contribution in [1.82, 2.24) is 9.21 Å². The highest BCUT2D eigenvalue weighted by Crippen LogP contribution is 2.22. The highest BCUT2D eigenvalue weighted by molar-refractivity contribution is 9.10. The molecule has 0 spiro atoms. The van der Waals surface area contributed by atoms with E-state index in [0.29, 0.717) is 24.1 Å². The monoisotopic (exact) mass is 402 g/mol. The lowest BCUT2D eigenvalue weighted by molar-refractivity contribution is -0.0103. The summed E-state index contributed by atoms with van der Waals surface area (Å²) in [6.07, 6.45) is 3.84. The van der Waals surface area contributed by atoms with E-state index in [1.165, 1.54) is 6.42 Å². The molecular formula is C16H23BrN2O3S. The number of halogens is 1. The first kappa shape index (κ1) is 17.4. The van der Waals surface area contributed by atoms with Crippen LogP contribution >= 0.6 is 15.9 Å². The topological polar surface area (TPSA) is 49.9 Å². The molecule has 2 fully saturated rings. The highest BCUT2D eigenvalue weighted by Gasteiger charge is 2.29. The van der Waals surface area contributed by atoms with Gasteiger partial charge in [0.1, 0.15) is 0 Å². The molecule has 23 heavy (non-hydrogen) atoms. The number of nitrogens with zero attached hydrogens (tertiary/aromatic N) is 2. The van der Waals surface area contributed by atoms with Gasteiger partial charge in [0.05, 0.1) is 11.0 Å². The fourth-order valence-electron chi connectivity index (χ4n) is 3.17. The second-order valence-corrected chi connectivity index (χ2v) is 9.00. The average Bonchev–Trinajstić information content (AvgIpc) is 2.56. The predicted molar refractivity (Wildman–Crippen MR) is 92.9 cm³/mol. The second kappa shape index (κ2) is 7.61. The third-order valence-electron chi connectivity index (χ3n) is 4.50. The Kier molecular flexibility index (Phi) is 5.74. The maximum atomic E-state index is 12.7. The molecule has 0 N–H and O–H groups in total. The van der Waals surface area contributed by atoms with Crippen LogP contribution in [0.25, 0.3) is 0 Å². The van der Waals surface area contributed by atoms with Gasteiger partial charge in [0, 0.05) is 43.8 Å². The molecule has 3 rings (SSSR count). The molecule has 2 saturated heterocycles. The zero-order valence-corrected chi connectivity index (χ0v) is 15.6. The van der Waals surface area contributed by atoms with E-state index in [2.05, 4.69) is 20.8 Å². The summed E-state index contributed by atoms with van der Waals surface area (Å²) in [5.74, 6) is 0. The lowest BCUT2D eigenvalue weighted by Gasteiger charge is -2.36. The summed E-state index contributed by atoms with van der Waals surface area (Å²) in [6.45, 7) is 4.41. The fourth-order valence-corrected chi connectivity index (χ4v) is 5.19. The third kappa shape index (κ3) is 4.33. The van der Waals surface area contributed by atoms with Gasteiger partial charge in [-0.15, -0.1) is 0 Å². The molecule has 0 unspecified atom stereocenters. The van der Waals surface area contributed by atoms with Crippen LogP contribution in [0.1, 0.15) is 19.3 Å². The summed E-state index contributed by atoms with van der Waals surface area (Å²) in [7, 11) is -3.40. The maximum Gasteiger partial charge on any atom is 0.243 e. The summed E-state index contributed by atoms with van der Waals surface area (Å²) >= 11 is 3.34. The van der Waals surface area contributed by atoms with Gasteiger partial charge in [0.15, 0.2) is 0 Å². The molecule has 0 radical (unpaired) electrons. The Morgan fingerprint density at radius 2 is 1.96 bits per heavy atom. The van der Waals surface area contributed by atoms with Crippen LogP contribution < -0.4 is 0 Å². The van der Waals surface area contributed by atoms with Crippen molar-refractivity contribution in [3.63, 3.8) is 0 Å². The lowest BCUT2D eigenvalue weighted by atomic mass is 10.1. The van der Waals surface area contributed by atoms with E-state index in [0.717, 1.165) is 43.6 Å². The smallest absolute Gasteiger partial charge is 0.243 e. The van der Waals surface area contributed by atoms with Gasteiger partial charge in [-0.3, -0.25) is 4.90 Å². The van der Waals surface area contributed by atoms with E-state index in [9.17, 15) is 8.42 Å². The molecule has 1 aromatic carbocycles. The van der Waals surface area contributed by atoms with Crippen molar-refractivity contribution < 1.29 is 13.2 Å². The second-order valence-electron chi connectivity index (χ2n) is 6.15. The van der Waals surface area contributed by atoms with Crippen LogP contribution in [0.2, 0.25) is 0 Å².